The van der Waals surface area contributed by atoms with Gasteiger partial charge in [-0.3, -0.25) is 0 Å². The van der Waals surface area contributed by atoms with Gasteiger partial charge in [-0.1, -0.05) is 205 Å². The van der Waals surface area contributed by atoms with Crippen molar-refractivity contribution in [3.63, 3.8) is 0 Å². The Morgan fingerprint density at radius 1 is 0.328 bits per heavy atom. The largest absolute Gasteiger partial charge is 0.309 e. The molecule has 0 radical (unpaired) electrons. The summed E-state index contributed by atoms with van der Waals surface area (Å²) < 4.78 is 0. The Balaban J connectivity index is 1.27. The van der Waals surface area contributed by atoms with Gasteiger partial charge in [0.05, 0.1) is 16.8 Å². The van der Waals surface area contributed by atoms with Crippen LogP contribution in [0.3, 0.4) is 0 Å². The van der Waals surface area contributed by atoms with Crippen LogP contribution in [-0.2, 0) is 5.41 Å². The summed E-state index contributed by atoms with van der Waals surface area (Å²) >= 11 is 0. The highest BCUT2D eigenvalue weighted by molar-refractivity contribution is 6.00. The lowest BCUT2D eigenvalue weighted by Crippen LogP contribution is -2.28. The second-order valence-corrected chi connectivity index (χ2v) is 15.4. The van der Waals surface area contributed by atoms with Crippen molar-refractivity contribution in [2.45, 2.75) is 19.3 Å². The van der Waals surface area contributed by atoms with Crippen LogP contribution >= 0.6 is 0 Å². The van der Waals surface area contributed by atoms with Gasteiger partial charge in [-0.15, -0.1) is 0 Å². The van der Waals surface area contributed by atoms with E-state index in [1.807, 2.05) is 0 Å². The van der Waals surface area contributed by atoms with E-state index < -0.39 is 5.41 Å². The predicted octanol–water partition coefficient (Wildman–Crippen LogP) is 15.1. The van der Waals surface area contributed by atoms with Gasteiger partial charge in [0, 0.05) is 16.8 Å². The van der Waals surface area contributed by atoms with Crippen LogP contribution in [0.1, 0.15) is 33.4 Å². The van der Waals surface area contributed by atoms with E-state index in [1.54, 1.807) is 0 Å². The molecule has 0 spiro atoms. The van der Waals surface area contributed by atoms with E-state index in [2.05, 4.69) is 243 Å². The Bertz CT molecular complexity index is 2820. The third-order valence-electron chi connectivity index (χ3n) is 11.9. The van der Waals surface area contributed by atoms with Crippen LogP contribution in [0.15, 0.2) is 224 Å². The van der Waals surface area contributed by atoms with Crippen molar-refractivity contribution in [2.75, 3.05) is 4.90 Å². The van der Waals surface area contributed by atoms with Gasteiger partial charge in [-0.25, -0.2) is 0 Å². The van der Waals surface area contributed by atoms with Crippen LogP contribution in [0.4, 0.5) is 17.1 Å². The number of rotatable bonds is 8. The van der Waals surface area contributed by atoms with Crippen molar-refractivity contribution in [1.82, 2.24) is 0 Å². The van der Waals surface area contributed by atoms with Crippen LogP contribution in [-0.4, -0.2) is 0 Å². The minimum Gasteiger partial charge on any atom is -0.309 e. The average Bonchev–Trinajstić information content (AvgIpc) is 3.60. The molecule has 0 saturated heterocycles. The van der Waals surface area contributed by atoms with Gasteiger partial charge < -0.3 is 4.90 Å². The number of aryl methyl sites for hydroxylation is 2. The third kappa shape index (κ3) is 5.95. The van der Waals surface area contributed by atoms with Gasteiger partial charge in [0.25, 0.3) is 0 Å². The maximum atomic E-state index is 2.50. The van der Waals surface area contributed by atoms with Crippen molar-refractivity contribution in [1.29, 1.82) is 0 Å². The first-order chi connectivity index (χ1) is 28.6. The molecule has 1 aliphatic rings. The van der Waals surface area contributed by atoms with Crippen molar-refractivity contribution in [2.24, 2.45) is 0 Å². The Morgan fingerprint density at radius 2 is 0.810 bits per heavy atom. The first kappa shape index (κ1) is 35.2. The summed E-state index contributed by atoms with van der Waals surface area (Å²) in [5.41, 5.74) is 20.1. The third-order valence-corrected chi connectivity index (χ3v) is 11.9. The maximum absolute atomic E-state index is 2.50. The summed E-state index contributed by atoms with van der Waals surface area (Å²) in [4.78, 5) is 2.50. The van der Waals surface area contributed by atoms with E-state index in [1.165, 1.54) is 77.9 Å². The van der Waals surface area contributed by atoms with Crippen molar-refractivity contribution < 1.29 is 0 Å². The number of fused-ring (bicyclic) bond motifs is 3. The summed E-state index contributed by atoms with van der Waals surface area (Å²) in [5, 5.41) is 0. The molecule has 0 aromatic heterocycles. The zero-order valence-electron chi connectivity index (χ0n) is 32.8. The SMILES string of the molecule is Cc1ccc(-c2ccc(N(c3ccc(-c4ccccc4)cc3)c3cccc4c3-c3ccccc3C4(c3ccccc3)c3ccccc3)c(-c3ccc(C)cc3)c2)cc1. The zero-order valence-corrected chi connectivity index (χ0v) is 32.8. The van der Waals surface area contributed by atoms with Crippen molar-refractivity contribution in [3.8, 4) is 44.5 Å². The molecule has 58 heavy (non-hydrogen) atoms. The fourth-order valence-electron chi connectivity index (χ4n) is 9.12. The van der Waals surface area contributed by atoms with Gasteiger partial charge in [0.1, 0.15) is 0 Å². The summed E-state index contributed by atoms with van der Waals surface area (Å²) in [7, 11) is 0. The van der Waals surface area contributed by atoms with E-state index >= 15 is 0 Å². The second-order valence-electron chi connectivity index (χ2n) is 15.4. The minimum absolute atomic E-state index is 0.512. The van der Waals surface area contributed by atoms with Crippen LogP contribution in [0, 0.1) is 13.8 Å². The Kier molecular flexibility index (Phi) is 8.92. The van der Waals surface area contributed by atoms with Gasteiger partial charge >= 0.3 is 0 Å². The molecule has 0 amide bonds. The van der Waals surface area contributed by atoms with Crippen molar-refractivity contribution in [3.05, 3.63) is 258 Å². The summed E-state index contributed by atoms with van der Waals surface area (Å²) in [5.74, 6) is 0. The summed E-state index contributed by atoms with van der Waals surface area (Å²) in [6.45, 7) is 4.30. The Morgan fingerprint density at radius 3 is 1.45 bits per heavy atom. The molecule has 0 aliphatic heterocycles. The molecule has 0 atom stereocenters. The highest BCUT2D eigenvalue weighted by Gasteiger charge is 2.47. The molecule has 0 fully saturated rings. The number of anilines is 3. The molecule has 1 heteroatoms. The molecule has 9 aromatic carbocycles. The van der Waals surface area contributed by atoms with E-state index in [0.29, 0.717) is 0 Å². The molecule has 10 rings (SSSR count). The number of hydrogen-bond donors (Lipinski definition) is 0. The van der Waals surface area contributed by atoms with E-state index in [9.17, 15) is 0 Å². The molecule has 0 saturated carbocycles. The van der Waals surface area contributed by atoms with Gasteiger partial charge in [0.15, 0.2) is 0 Å². The zero-order chi connectivity index (χ0) is 39.1. The second kappa shape index (κ2) is 14.7. The topological polar surface area (TPSA) is 3.24 Å². The lowest BCUT2D eigenvalue weighted by molar-refractivity contribution is 0.768. The van der Waals surface area contributed by atoms with Gasteiger partial charge in [-0.2, -0.15) is 0 Å². The van der Waals surface area contributed by atoms with Gasteiger partial charge in [0.2, 0.25) is 0 Å². The minimum atomic E-state index is -0.512. The molecular weight excluding hydrogens is 699 g/mol. The molecule has 0 bridgehead atoms. The molecule has 276 valence electrons. The van der Waals surface area contributed by atoms with E-state index in [-0.39, 0.29) is 0 Å². The maximum Gasteiger partial charge on any atom is 0.0714 e. The van der Waals surface area contributed by atoms with Crippen LogP contribution in [0.5, 0.6) is 0 Å². The molecule has 0 N–H and O–H groups in total. The molecule has 1 aliphatic carbocycles. The quantitative estimate of drug-likeness (QED) is 0.150. The predicted molar refractivity (Wildman–Crippen MR) is 244 cm³/mol. The summed E-state index contributed by atoms with van der Waals surface area (Å²) in [6.07, 6.45) is 0. The summed E-state index contributed by atoms with van der Waals surface area (Å²) in [6, 6.07) is 82.7. The van der Waals surface area contributed by atoms with Crippen LogP contribution in [0.2, 0.25) is 0 Å². The Hall–Kier alpha value is -7.22. The number of benzene rings is 9. The van der Waals surface area contributed by atoms with Crippen molar-refractivity contribution >= 4 is 17.1 Å². The molecule has 0 heterocycles. The number of hydrogen-bond acceptors (Lipinski definition) is 1. The lowest BCUT2D eigenvalue weighted by atomic mass is 9.68. The van der Waals surface area contributed by atoms with E-state index in [0.717, 1.165) is 17.1 Å². The number of nitrogens with zero attached hydrogens (tertiary/aromatic N) is 1. The average molecular weight is 742 g/mol. The van der Waals surface area contributed by atoms with Crippen LogP contribution in [0.25, 0.3) is 44.5 Å². The highest BCUT2D eigenvalue weighted by atomic mass is 15.1. The molecular formula is C57H43N. The molecule has 0 unspecified atom stereocenters. The monoisotopic (exact) mass is 741 g/mol. The van der Waals surface area contributed by atoms with Gasteiger partial charge in [-0.05, 0) is 99.8 Å². The van der Waals surface area contributed by atoms with E-state index in [4.69, 9.17) is 0 Å². The lowest BCUT2D eigenvalue weighted by Gasteiger charge is -2.34. The fourth-order valence-corrected chi connectivity index (χ4v) is 9.12. The Labute approximate surface area is 342 Å². The molecule has 1 nitrogen and oxygen atoms in total. The normalized spacial score (nSPS) is 12.4. The molecule has 9 aromatic rings. The van der Waals surface area contributed by atoms with Crippen LogP contribution < -0.4 is 4.90 Å². The smallest absolute Gasteiger partial charge is 0.0714 e. The fraction of sp³-hybridized carbons (Fsp3) is 0.0526. The standard InChI is InChI=1S/C57H43N/c1-40-25-29-44(30-26-40)46-35-38-54(51(39-46)45-31-27-41(2)28-32-45)58(49-36-33-43(34-37-49)42-15-6-3-7-16-42)55-24-14-23-53-56(55)50-21-12-13-22-52(50)57(53,47-17-8-4-9-18-47)48-19-10-5-11-20-48/h3-39H,1-2H3. The highest BCUT2D eigenvalue weighted by Crippen LogP contribution is 2.60. The first-order valence-corrected chi connectivity index (χ1v) is 20.2. The first-order valence-electron chi connectivity index (χ1n) is 20.2.